The van der Waals surface area contributed by atoms with Gasteiger partial charge >= 0.3 is 0 Å². The van der Waals surface area contributed by atoms with E-state index in [1.807, 2.05) is 13.8 Å². The maximum Gasteiger partial charge on any atom is 0.296 e. The molecular formula is C20H24O6S4. The summed E-state index contributed by atoms with van der Waals surface area (Å²) < 4.78 is 61.1. The van der Waals surface area contributed by atoms with Crippen molar-refractivity contribution in [3.8, 4) is 0 Å². The van der Waals surface area contributed by atoms with Crippen LogP contribution in [0.25, 0.3) is 0 Å². The summed E-state index contributed by atoms with van der Waals surface area (Å²) in [6.45, 7) is 3.45. The Morgan fingerprint density at radius 3 is 1.47 bits per heavy atom. The molecule has 0 aromatic heterocycles. The van der Waals surface area contributed by atoms with Gasteiger partial charge in [-0.3, -0.25) is 8.37 Å². The molecule has 6 nitrogen and oxygen atoms in total. The molecule has 2 aromatic carbocycles. The first-order valence-electron chi connectivity index (χ1n) is 9.20. The van der Waals surface area contributed by atoms with Crippen LogP contribution in [-0.4, -0.2) is 46.6 Å². The summed E-state index contributed by atoms with van der Waals surface area (Å²) in [5.41, 5.74) is 1.16. The van der Waals surface area contributed by atoms with E-state index in [4.69, 9.17) is 8.37 Å². The van der Waals surface area contributed by atoms with Gasteiger partial charge in [-0.05, 0) is 38.1 Å². The van der Waals surface area contributed by atoms with Crippen LogP contribution in [0.3, 0.4) is 0 Å². The summed E-state index contributed by atoms with van der Waals surface area (Å²) in [7, 11) is -7.90. The quantitative estimate of drug-likeness (QED) is 0.518. The fourth-order valence-electron chi connectivity index (χ4n) is 2.78. The predicted octanol–water partition coefficient (Wildman–Crippen LogP) is 3.84. The summed E-state index contributed by atoms with van der Waals surface area (Å²) in [5, 5.41) is 0.858. The molecule has 3 rings (SSSR count). The molecular weight excluding hydrogens is 464 g/mol. The van der Waals surface area contributed by atoms with Crippen molar-refractivity contribution in [2.75, 3.05) is 29.8 Å². The summed E-state index contributed by atoms with van der Waals surface area (Å²) in [4.78, 5) is 0.153. The van der Waals surface area contributed by atoms with Crippen LogP contribution in [0.5, 0.6) is 0 Å². The van der Waals surface area contributed by atoms with E-state index >= 15 is 0 Å². The van der Waals surface area contributed by atoms with Gasteiger partial charge in [0.05, 0.1) is 23.0 Å². The molecule has 0 amide bonds. The smallest absolute Gasteiger partial charge is 0.266 e. The van der Waals surface area contributed by atoms with Gasteiger partial charge in [0.1, 0.15) is 0 Å². The fourth-order valence-corrected chi connectivity index (χ4v) is 7.47. The van der Waals surface area contributed by atoms with Gasteiger partial charge in [0, 0.05) is 22.0 Å². The van der Waals surface area contributed by atoms with Crippen LogP contribution in [-0.2, 0) is 28.6 Å². The first-order chi connectivity index (χ1) is 14.1. The normalized spacial score (nSPS) is 17.0. The van der Waals surface area contributed by atoms with Gasteiger partial charge in [-0.25, -0.2) is 0 Å². The Morgan fingerprint density at radius 2 is 1.10 bits per heavy atom. The van der Waals surface area contributed by atoms with Gasteiger partial charge in [0.15, 0.2) is 0 Å². The summed E-state index contributed by atoms with van der Waals surface area (Å²) in [6, 6.07) is 12.8. The third-order valence-corrected chi connectivity index (χ3v) is 10.2. The van der Waals surface area contributed by atoms with E-state index in [-0.39, 0.29) is 23.0 Å². The SMILES string of the molecule is Cc1ccc(S(=O)(=O)OCC2(COS(=O)(=O)c3ccc(C)cc3)CSCSC2)cc1. The number of thioether (sulfide) groups is 2. The number of hydrogen-bond donors (Lipinski definition) is 0. The van der Waals surface area contributed by atoms with Crippen molar-refractivity contribution in [3.05, 3.63) is 59.7 Å². The van der Waals surface area contributed by atoms with E-state index in [1.54, 1.807) is 47.8 Å². The Morgan fingerprint density at radius 1 is 0.733 bits per heavy atom. The molecule has 0 unspecified atom stereocenters. The van der Waals surface area contributed by atoms with E-state index in [1.165, 1.54) is 24.3 Å². The Bertz CT molecular complexity index is 974. The van der Waals surface area contributed by atoms with E-state index in [2.05, 4.69) is 0 Å². The van der Waals surface area contributed by atoms with Gasteiger partial charge in [-0.2, -0.15) is 40.4 Å². The van der Waals surface area contributed by atoms with Crippen LogP contribution >= 0.6 is 23.5 Å². The molecule has 0 radical (unpaired) electrons. The molecule has 0 aliphatic carbocycles. The molecule has 0 spiro atoms. The number of aryl methyl sites for hydroxylation is 2. The van der Waals surface area contributed by atoms with E-state index in [0.29, 0.717) is 11.5 Å². The zero-order chi connectivity index (χ0) is 21.8. The van der Waals surface area contributed by atoms with Crippen LogP contribution in [0.1, 0.15) is 11.1 Å². The molecule has 1 aliphatic rings. The minimum absolute atomic E-state index is 0.0764. The van der Waals surface area contributed by atoms with Gasteiger partial charge in [0.2, 0.25) is 0 Å². The third kappa shape index (κ3) is 6.02. The topological polar surface area (TPSA) is 86.7 Å². The second kappa shape index (κ2) is 9.62. The van der Waals surface area contributed by atoms with Crippen molar-refractivity contribution in [1.82, 2.24) is 0 Å². The number of hydrogen-bond acceptors (Lipinski definition) is 8. The second-order valence-electron chi connectivity index (χ2n) is 7.37. The lowest BCUT2D eigenvalue weighted by Crippen LogP contribution is -2.41. The molecule has 1 fully saturated rings. The molecule has 10 heteroatoms. The number of benzene rings is 2. The molecule has 0 bridgehead atoms. The molecule has 164 valence electrons. The van der Waals surface area contributed by atoms with Gasteiger partial charge in [0.25, 0.3) is 20.2 Å². The molecule has 30 heavy (non-hydrogen) atoms. The van der Waals surface area contributed by atoms with Crippen molar-refractivity contribution >= 4 is 43.8 Å². The van der Waals surface area contributed by atoms with Crippen molar-refractivity contribution in [1.29, 1.82) is 0 Å². The highest BCUT2D eigenvalue weighted by Gasteiger charge is 2.37. The van der Waals surface area contributed by atoms with Crippen molar-refractivity contribution in [2.24, 2.45) is 5.41 Å². The molecule has 1 saturated heterocycles. The molecule has 1 aliphatic heterocycles. The minimum Gasteiger partial charge on any atom is -0.266 e. The standard InChI is InChI=1S/C20H24O6S4/c1-16-3-7-18(8-4-16)29(21,22)25-11-20(13-27-15-28-14-20)12-26-30(23,24)19-9-5-17(2)6-10-19/h3-10H,11-15H2,1-2H3. The second-order valence-corrected chi connectivity index (χ2v) is 12.9. The van der Waals surface area contributed by atoms with Crippen molar-refractivity contribution in [2.45, 2.75) is 23.6 Å². The van der Waals surface area contributed by atoms with Gasteiger partial charge < -0.3 is 0 Å². The lowest BCUT2D eigenvalue weighted by molar-refractivity contribution is 0.125. The summed E-state index contributed by atoms with van der Waals surface area (Å²) in [5.74, 6) is 1.10. The van der Waals surface area contributed by atoms with Crippen LogP contribution < -0.4 is 0 Å². The average Bonchev–Trinajstić information content (AvgIpc) is 2.73. The fraction of sp³-hybridized carbons (Fsp3) is 0.400. The monoisotopic (exact) mass is 488 g/mol. The number of rotatable bonds is 8. The average molecular weight is 489 g/mol. The molecule has 1 heterocycles. The highest BCUT2D eigenvalue weighted by Crippen LogP contribution is 2.37. The lowest BCUT2D eigenvalue weighted by atomic mass is 9.96. The maximum atomic E-state index is 12.6. The third-order valence-electron chi connectivity index (χ3n) is 4.64. The predicted molar refractivity (Wildman–Crippen MR) is 121 cm³/mol. The van der Waals surface area contributed by atoms with E-state index in [9.17, 15) is 16.8 Å². The zero-order valence-electron chi connectivity index (χ0n) is 16.7. The minimum atomic E-state index is -3.95. The first-order valence-corrected chi connectivity index (χ1v) is 14.3. The molecule has 0 saturated carbocycles. The van der Waals surface area contributed by atoms with E-state index < -0.39 is 25.7 Å². The van der Waals surface area contributed by atoms with Gasteiger partial charge in [-0.1, -0.05) is 35.4 Å². The van der Waals surface area contributed by atoms with Crippen molar-refractivity contribution in [3.63, 3.8) is 0 Å². The van der Waals surface area contributed by atoms with Crippen LogP contribution in [0.15, 0.2) is 58.3 Å². The van der Waals surface area contributed by atoms with Crippen molar-refractivity contribution < 1.29 is 25.2 Å². The summed E-state index contributed by atoms with van der Waals surface area (Å²) >= 11 is 3.22. The molecule has 0 N–H and O–H groups in total. The molecule has 0 atom stereocenters. The highest BCUT2D eigenvalue weighted by atomic mass is 32.2. The Balaban J connectivity index is 1.73. The first kappa shape index (κ1) is 23.6. The Labute approximate surface area is 187 Å². The Hall–Kier alpha value is -1.04. The van der Waals surface area contributed by atoms with Crippen LogP contribution in [0.2, 0.25) is 0 Å². The maximum absolute atomic E-state index is 12.6. The van der Waals surface area contributed by atoms with Crippen LogP contribution in [0.4, 0.5) is 0 Å². The Kier molecular flexibility index (Phi) is 7.57. The van der Waals surface area contributed by atoms with Gasteiger partial charge in [-0.15, -0.1) is 0 Å². The largest absolute Gasteiger partial charge is 0.296 e. The zero-order valence-corrected chi connectivity index (χ0v) is 20.0. The summed E-state index contributed by atoms with van der Waals surface area (Å²) in [6.07, 6.45) is 0. The lowest BCUT2D eigenvalue weighted by Gasteiger charge is -2.35. The van der Waals surface area contributed by atoms with Crippen LogP contribution in [0, 0.1) is 19.3 Å². The molecule has 2 aromatic rings. The van der Waals surface area contributed by atoms with E-state index in [0.717, 1.165) is 16.2 Å². The highest BCUT2D eigenvalue weighted by molar-refractivity contribution is 8.16.